The molecular formula is C16H26NO3+. The number of ether oxygens (including phenoxy) is 3. The average Bonchev–Trinajstić information content (AvgIpc) is 2.38. The summed E-state index contributed by atoms with van der Waals surface area (Å²) in [7, 11) is 0. The van der Waals surface area contributed by atoms with Crippen LogP contribution in [0.15, 0.2) is 24.3 Å². The molecule has 0 bridgehead atoms. The molecule has 1 aromatic carbocycles. The molecule has 1 aliphatic rings. The molecule has 0 amide bonds. The second kappa shape index (κ2) is 7.50. The van der Waals surface area contributed by atoms with Crippen LogP contribution in [0.5, 0.6) is 11.5 Å². The molecule has 0 aromatic heterocycles. The summed E-state index contributed by atoms with van der Waals surface area (Å²) in [6.07, 6.45) is 0.685. The normalized spacial score (nSPS) is 26.2. The van der Waals surface area contributed by atoms with E-state index in [1.54, 1.807) is 4.90 Å². The van der Waals surface area contributed by atoms with Crippen LogP contribution >= 0.6 is 0 Å². The lowest BCUT2D eigenvalue weighted by Gasteiger charge is -2.32. The van der Waals surface area contributed by atoms with Crippen molar-refractivity contribution in [3.8, 4) is 11.5 Å². The minimum absolute atomic E-state index is 0.343. The third kappa shape index (κ3) is 4.69. The summed E-state index contributed by atoms with van der Waals surface area (Å²) in [6, 6.07) is 7.84. The van der Waals surface area contributed by atoms with Gasteiger partial charge in [0.25, 0.3) is 0 Å². The molecule has 1 saturated heterocycles. The minimum Gasteiger partial charge on any atom is -0.494 e. The van der Waals surface area contributed by atoms with E-state index in [0.717, 1.165) is 37.7 Å². The topological polar surface area (TPSA) is 32.1 Å². The lowest BCUT2D eigenvalue weighted by molar-refractivity contribution is -0.915. The van der Waals surface area contributed by atoms with Crippen molar-refractivity contribution in [2.75, 3.05) is 32.8 Å². The maximum absolute atomic E-state index is 5.82. The second-order valence-corrected chi connectivity index (χ2v) is 5.42. The predicted molar refractivity (Wildman–Crippen MR) is 78.7 cm³/mol. The first-order valence-electron chi connectivity index (χ1n) is 7.52. The van der Waals surface area contributed by atoms with E-state index in [1.165, 1.54) is 0 Å². The fraction of sp³-hybridized carbons (Fsp3) is 0.625. The molecule has 1 aliphatic heterocycles. The van der Waals surface area contributed by atoms with Crippen molar-refractivity contribution in [2.45, 2.75) is 33.0 Å². The summed E-state index contributed by atoms with van der Waals surface area (Å²) in [5, 5.41) is 0. The smallest absolute Gasteiger partial charge is 0.137 e. The number of rotatable bonds is 6. The standard InChI is InChI=1S/C16H25NO3/c1-4-18-15-6-5-7-16(10-15)19-9-8-17-11-13(2)20-14(3)12-17/h5-7,10,13-14H,4,8-9,11-12H2,1-3H3/p+1/t13-,14-/m0/s1. The Morgan fingerprint density at radius 1 is 1.15 bits per heavy atom. The Labute approximate surface area is 121 Å². The van der Waals surface area contributed by atoms with Gasteiger partial charge in [0.1, 0.15) is 49.9 Å². The molecule has 1 heterocycles. The van der Waals surface area contributed by atoms with Crippen molar-refractivity contribution in [3.63, 3.8) is 0 Å². The van der Waals surface area contributed by atoms with Crippen LogP contribution in [0.2, 0.25) is 0 Å². The highest BCUT2D eigenvalue weighted by atomic mass is 16.5. The summed E-state index contributed by atoms with van der Waals surface area (Å²) < 4.78 is 17.0. The van der Waals surface area contributed by atoms with E-state index in [1.807, 2.05) is 31.2 Å². The lowest BCUT2D eigenvalue weighted by Crippen LogP contribution is -3.16. The van der Waals surface area contributed by atoms with Gasteiger partial charge in [0.2, 0.25) is 0 Å². The van der Waals surface area contributed by atoms with Gasteiger partial charge in [0.15, 0.2) is 0 Å². The third-order valence-corrected chi connectivity index (χ3v) is 3.46. The zero-order valence-electron chi connectivity index (χ0n) is 12.7. The Morgan fingerprint density at radius 2 is 1.80 bits per heavy atom. The molecule has 0 radical (unpaired) electrons. The maximum Gasteiger partial charge on any atom is 0.137 e. The van der Waals surface area contributed by atoms with Gasteiger partial charge >= 0.3 is 0 Å². The van der Waals surface area contributed by atoms with E-state index in [-0.39, 0.29) is 0 Å². The maximum atomic E-state index is 5.82. The van der Waals surface area contributed by atoms with Crippen LogP contribution in [0.25, 0.3) is 0 Å². The SMILES string of the molecule is CCOc1cccc(OCC[NH+]2C[C@H](C)O[C@@H](C)C2)c1. The Kier molecular flexibility index (Phi) is 5.68. The molecule has 112 valence electrons. The van der Waals surface area contributed by atoms with Gasteiger partial charge in [-0.25, -0.2) is 0 Å². The molecule has 1 fully saturated rings. The van der Waals surface area contributed by atoms with Gasteiger partial charge in [0, 0.05) is 6.07 Å². The monoisotopic (exact) mass is 280 g/mol. The average molecular weight is 280 g/mol. The van der Waals surface area contributed by atoms with Gasteiger partial charge in [-0.15, -0.1) is 0 Å². The molecule has 2 atom stereocenters. The quantitative estimate of drug-likeness (QED) is 0.848. The van der Waals surface area contributed by atoms with Crippen molar-refractivity contribution in [2.24, 2.45) is 0 Å². The van der Waals surface area contributed by atoms with E-state index < -0.39 is 0 Å². The summed E-state index contributed by atoms with van der Waals surface area (Å²) in [5.74, 6) is 1.75. The van der Waals surface area contributed by atoms with Gasteiger partial charge in [-0.2, -0.15) is 0 Å². The van der Waals surface area contributed by atoms with Gasteiger partial charge in [-0.05, 0) is 32.9 Å². The molecule has 0 unspecified atom stereocenters. The number of hydrogen-bond acceptors (Lipinski definition) is 3. The predicted octanol–water partition coefficient (Wildman–Crippen LogP) is 1.16. The highest BCUT2D eigenvalue weighted by Crippen LogP contribution is 2.18. The van der Waals surface area contributed by atoms with E-state index in [2.05, 4.69) is 13.8 Å². The van der Waals surface area contributed by atoms with Crippen LogP contribution in [-0.2, 0) is 4.74 Å². The molecule has 4 nitrogen and oxygen atoms in total. The fourth-order valence-electron chi connectivity index (χ4n) is 2.73. The Bertz CT molecular complexity index is 400. The molecule has 0 spiro atoms. The summed E-state index contributed by atoms with van der Waals surface area (Å²) in [4.78, 5) is 1.55. The Morgan fingerprint density at radius 3 is 2.45 bits per heavy atom. The van der Waals surface area contributed by atoms with Crippen molar-refractivity contribution in [1.82, 2.24) is 0 Å². The van der Waals surface area contributed by atoms with Crippen LogP contribution in [0.1, 0.15) is 20.8 Å². The van der Waals surface area contributed by atoms with Gasteiger partial charge in [0.05, 0.1) is 6.61 Å². The van der Waals surface area contributed by atoms with Crippen LogP contribution in [0, 0.1) is 0 Å². The zero-order valence-corrected chi connectivity index (χ0v) is 12.7. The zero-order chi connectivity index (χ0) is 14.4. The van der Waals surface area contributed by atoms with Crippen molar-refractivity contribution in [1.29, 1.82) is 0 Å². The van der Waals surface area contributed by atoms with Crippen molar-refractivity contribution in [3.05, 3.63) is 24.3 Å². The molecule has 0 saturated carbocycles. The number of benzene rings is 1. The lowest BCUT2D eigenvalue weighted by atomic mass is 10.2. The molecule has 20 heavy (non-hydrogen) atoms. The third-order valence-electron chi connectivity index (χ3n) is 3.46. The first kappa shape index (κ1) is 15.1. The largest absolute Gasteiger partial charge is 0.494 e. The van der Waals surface area contributed by atoms with Crippen LogP contribution < -0.4 is 14.4 Å². The molecule has 2 rings (SSSR count). The molecule has 0 aliphatic carbocycles. The van der Waals surface area contributed by atoms with E-state index >= 15 is 0 Å². The number of quaternary nitrogens is 1. The Hall–Kier alpha value is -1.26. The number of nitrogens with one attached hydrogen (secondary N) is 1. The number of morpholine rings is 1. The van der Waals surface area contributed by atoms with Crippen LogP contribution in [0.4, 0.5) is 0 Å². The van der Waals surface area contributed by atoms with E-state index in [9.17, 15) is 0 Å². The van der Waals surface area contributed by atoms with E-state index in [0.29, 0.717) is 18.8 Å². The highest BCUT2D eigenvalue weighted by Gasteiger charge is 2.25. The molecule has 4 heteroatoms. The molecule has 1 N–H and O–H groups in total. The van der Waals surface area contributed by atoms with Crippen LogP contribution in [-0.4, -0.2) is 45.1 Å². The van der Waals surface area contributed by atoms with E-state index in [4.69, 9.17) is 14.2 Å². The van der Waals surface area contributed by atoms with Crippen LogP contribution in [0.3, 0.4) is 0 Å². The first-order chi connectivity index (χ1) is 9.67. The summed E-state index contributed by atoms with van der Waals surface area (Å²) in [6.45, 7) is 10.8. The highest BCUT2D eigenvalue weighted by molar-refractivity contribution is 5.32. The Balaban J connectivity index is 1.76. The van der Waals surface area contributed by atoms with Gasteiger partial charge < -0.3 is 19.1 Å². The van der Waals surface area contributed by atoms with Crippen molar-refractivity contribution >= 4 is 0 Å². The second-order valence-electron chi connectivity index (χ2n) is 5.42. The van der Waals surface area contributed by atoms with Crippen molar-refractivity contribution < 1.29 is 19.1 Å². The fourth-order valence-corrected chi connectivity index (χ4v) is 2.73. The summed E-state index contributed by atoms with van der Waals surface area (Å²) in [5.41, 5.74) is 0. The van der Waals surface area contributed by atoms with Gasteiger partial charge in [-0.3, -0.25) is 0 Å². The summed E-state index contributed by atoms with van der Waals surface area (Å²) >= 11 is 0. The molecular weight excluding hydrogens is 254 g/mol. The molecule has 1 aromatic rings. The van der Waals surface area contributed by atoms with Gasteiger partial charge in [-0.1, -0.05) is 6.07 Å². The number of hydrogen-bond donors (Lipinski definition) is 1. The first-order valence-corrected chi connectivity index (χ1v) is 7.52. The minimum atomic E-state index is 0.343.